The molecule has 0 aliphatic carbocycles. The van der Waals surface area contributed by atoms with E-state index in [-0.39, 0.29) is 6.54 Å². The molecule has 20 heavy (non-hydrogen) atoms. The van der Waals surface area contributed by atoms with Gasteiger partial charge in [-0.3, -0.25) is 0 Å². The lowest BCUT2D eigenvalue weighted by Crippen LogP contribution is -2.02. The number of aromatic amines is 1. The Bertz CT molecular complexity index is 742. The molecule has 1 heterocycles. The number of fused-ring (bicyclic) bond motifs is 1. The van der Waals surface area contributed by atoms with Crippen molar-refractivity contribution >= 4 is 16.6 Å². The molecule has 0 radical (unpaired) electrons. The highest BCUT2D eigenvalue weighted by atomic mass is 19.2. The Morgan fingerprint density at radius 2 is 1.70 bits per heavy atom. The molecular weight excluding hydrogens is 265 g/mol. The Kier molecular flexibility index (Phi) is 3.10. The number of anilines is 1. The summed E-state index contributed by atoms with van der Waals surface area (Å²) in [5, 5.41) is 4.08. The van der Waals surface area contributed by atoms with Gasteiger partial charge in [0.25, 0.3) is 0 Å². The SMILES string of the molecule is Fc1cc(CNc2ccc3[nH]ccc3c2)cc(F)c1F. The molecule has 0 atom stereocenters. The van der Waals surface area contributed by atoms with E-state index in [1.165, 1.54) is 0 Å². The maximum Gasteiger partial charge on any atom is 0.194 e. The normalized spacial score (nSPS) is 10.9. The number of nitrogens with one attached hydrogen (secondary N) is 2. The second kappa shape index (κ2) is 4.92. The summed E-state index contributed by atoms with van der Waals surface area (Å²) in [6.07, 6.45) is 1.83. The molecule has 0 spiro atoms. The van der Waals surface area contributed by atoms with Crippen LogP contribution < -0.4 is 5.32 Å². The fraction of sp³-hybridized carbons (Fsp3) is 0.0667. The van der Waals surface area contributed by atoms with Gasteiger partial charge in [-0.05, 0) is 42.0 Å². The third kappa shape index (κ3) is 2.34. The van der Waals surface area contributed by atoms with Gasteiger partial charge < -0.3 is 10.3 Å². The summed E-state index contributed by atoms with van der Waals surface area (Å²) < 4.78 is 39.0. The summed E-state index contributed by atoms with van der Waals surface area (Å²) in [6.45, 7) is 0.212. The van der Waals surface area contributed by atoms with Crippen molar-refractivity contribution in [3.8, 4) is 0 Å². The van der Waals surface area contributed by atoms with Crippen molar-refractivity contribution in [2.75, 3.05) is 5.32 Å². The first kappa shape index (κ1) is 12.6. The molecule has 3 aromatic rings. The van der Waals surface area contributed by atoms with Crippen LogP contribution in [0.1, 0.15) is 5.56 Å². The van der Waals surface area contributed by atoms with Gasteiger partial charge in [0.2, 0.25) is 0 Å². The van der Waals surface area contributed by atoms with Gasteiger partial charge in [-0.2, -0.15) is 0 Å². The summed E-state index contributed by atoms with van der Waals surface area (Å²) in [4.78, 5) is 3.07. The lowest BCUT2D eigenvalue weighted by molar-refractivity contribution is 0.445. The first-order valence-electron chi connectivity index (χ1n) is 6.08. The Labute approximate surface area is 113 Å². The van der Waals surface area contributed by atoms with Gasteiger partial charge in [0.1, 0.15) is 0 Å². The van der Waals surface area contributed by atoms with Crippen LogP contribution in [0.25, 0.3) is 10.9 Å². The van der Waals surface area contributed by atoms with Gasteiger partial charge >= 0.3 is 0 Å². The minimum absolute atomic E-state index is 0.212. The van der Waals surface area contributed by atoms with E-state index in [2.05, 4.69) is 10.3 Å². The third-order valence-corrected chi connectivity index (χ3v) is 3.09. The van der Waals surface area contributed by atoms with Crippen LogP contribution in [0.5, 0.6) is 0 Å². The van der Waals surface area contributed by atoms with E-state index in [1.807, 2.05) is 30.5 Å². The smallest absolute Gasteiger partial charge is 0.194 e. The molecule has 2 N–H and O–H groups in total. The molecule has 3 rings (SSSR count). The van der Waals surface area contributed by atoms with E-state index in [4.69, 9.17) is 0 Å². The maximum absolute atomic E-state index is 13.1. The van der Waals surface area contributed by atoms with Gasteiger partial charge in [-0.25, -0.2) is 13.2 Å². The number of aromatic nitrogens is 1. The fourth-order valence-electron chi connectivity index (χ4n) is 2.08. The van der Waals surface area contributed by atoms with Crippen LogP contribution in [0.4, 0.5) is 18.9 Å². The summed E-state index contributed by atoms with van der Waals surface area (Å²) in [6, 6.07) is 9.58. The van der Waals surface area contributed by atoms with Gasteiger partial charge in [0.15, 0.2) is 17.5 Å². The number of H-pyrrole nitrogens is 1. The van der Waals surface area contributed by atoms with Crippen LogP contribution >= 0.6 is 0 Å². The molecule has 0 unspecified atom stereocenters. The number of rotatable bonds is 3. The Morgan fingerprint density at radius 3 is 2.45 bits per heavy atom. The van der Waals surface area contributed by atoms with E-state index in [9.17, 15) is 13.2 Å². The Hall–Kier alpha value is -2.43. The average molecular weight is 276 g/mol. The first-order chi connectivity index (χ1) is 9.63. The van der Waals surface area contributed by atoms with Crippen molar-refractivity contribution in [3.63, 3.8) is 0 Å². The predicted octanol–water partition coefficient (Wildman–Crippen LogP) is 4.20. The molecule has 102 valence electrons. The van der Waals surface area contributed by atoms with E-state index < -0.39 is 17.5 Å². The molecule has 0 aliphatic heterocycles. The van der Waals surface area contributed by atoms with Crippen LogP contribution in [0.2, 0.25) is 0 Å². The van der Waals surface area contributed by atoms with Gasteiger partial charge in [-0.1, -0.05) is 0 Å². The number of hydrogen-bond donors (Lipinski definition) is 2. The molecule has 0 saturated heterocycles. The lowest BCUT2D eigenvalue weighted by atomic mass is 10.2. The molecule has 0 aliphatic rings. The molecule has 2 nitrogen and oxygen atoms in total. The summed E-state index contributed by atoms with van der Waals surface area (Å²) in [7, 11) is 0. The molecule has 0 amide bonds. The molecule has 0 saturated carbocycles. The molecular formula is C15H11F3N2. The minimum atomic E-state index is -1.44. The van der Waals surface area contributed by atoms with E-state index in [0.29, 0.717) is 5.56 Å². The molecule has 0 bridgehead atoms. The highest BCUT2D eigenvalue weighted by Gasteiger charge is 2.10. The van der Waals surface area contributed by atoms with Crippen molar-refractivity contribution in [2.24, 2.45) is 0 Å². The van der Waals surface area contributed by atoms with Crippen molar-refractivity contribution in [1.82, 2.24) is 4.98 Å². The van der Waals surface area contributed by atoms with Gasteiger partial charge in [0, 0.05) is 29.3 Å². The Balaban J connectivity index is 1.78. The predicted molar refractivity (Wildman–Crippen MR) is 71.9 cm³/mol. The summed E-state index contributed by atoms with van der Waals surface area (Å²) >= 11 is 0. The van der Waals surface area contributed by atoms with E-state index >= 15 is 0 Å². The second-order valence-corrected chi connectivity index (χ2v) is 4.51. The monoisotopic (exact) mass is 276 g/mol. The number of hydrogen-bond acceptors (Lipinski definition) is 1. The minimum Gasteiger partial charge on any atom is -0.381 e. The van der Waals surface area contributed by atoms with Crippen molar-refractivity contribution in [1.29, 1.82) is 0 Å². The largest absolute Gasteiger partial charge is 0.381 e. The quantitative estimate of drug-likeness (QED) is 0.689. The van der Waals surface area contributed by atoms with Crippen LogP contribution in [0.3, 0.4) is 0 Å². The van der Waals surface area contributed by atoms with E-state index in [1.54, 1.807) is 0 Å². The zero-order chi connectivity index (χ0) is 14.1. The Morgan fingerprint density at radius 1 is 0.950 bits per heavy atom. The molecule has 2 aromatic carbocycles. The topological polar surface area (TPSA) is 27.8 Å². The molecule has 1 aromatic heterocycles. The van der Waals surface area contributed by atoms with Crippen LogP contribution in [-0.4, -0.2) is 4.98 Å². The standard InChI is InChI=1S/C15H11F3N2/c16-12-5-9(6-13(17)15(12)18)8-20-11-1-2-14-10(7-11)3-4-19-14/h1-7,19-20H,8H2. The molecule has 5 heteroatoms. The number of halogens is 3. The maximum atomic E-state index is 13.1. The van der Waals surface area contributed by atoms with Gasteiger partial charge in [0.05, 0.1) is 0 Å². The highest BCUT2D eigenvalue weighted by Crippen LogP contribution is 2.19. The van der Waals surface area contributed by atoms with Gasteiger partial charge in [-0.15, -0.1) is 0 Å². The highest BCUT2D eigenvalue weighted by molar-refractivity contribution is 5.82. The summed E-state index contributed by atoms with van der Waals surface area (Å²) in [5.74, 6) is -3.80. The average Bonchev–Trinajstić information content (AvgIpc) is 2.89. The van der Waals surface area contributed by atoms with Crippen molar-refractivity contribution in [3.05, 3.63) is 65.6 Å². The lowest BCUT2D eigenvalue weighted by Gasteiger charge is -2.07. The van der Waals surface area contributed by atoms with Crippen molar-refractivity contribution in [2.45, 2.75) is 6.54 Å². The first-order valence-corrected chi connectivity index (χ1v) is 6.08. The summed E-state index contributed by atoms with van der Waals surface area (Å²) in [5.41, 5.74) is 2.17. The van der Waals surface area contributed by atoms with Crippen LogP contribution in [0, 0.1) is 17.5 Å². The zero-order valence-electron chi connectivity index (χ0n) is 10.4. The van der Waals surface area contributed by atoms with Crippen molar-refractivity contribution < 1.29 is 13.2 Å². The third-order valence-electron chi connectivity index (χ3n) is 3.09. The van der Waals surface area contributed by atoms with E-state index in [0.717, 1.165) is 28.7 Å². The molecule has 0 fully saturated rings. The fourth-order valence-corrected chi connectivity index (χ4v) is 2.08. The number of benzene rings is 2. The van der Waals surface area contributed by atoms with Crippen LogP contribution in [0.15, 0.2) is 42.6 Å². The second-order valence-electron chi connectivity index (χ2n) is 4.51. The van der Waals surface area contributed by atoms with Crippen LogP contribution in [-0.2, 0) is 6.54 Å². The zero-order valence-corrected chi connectivity index (χ0v) is 10.4.